The zero-order chi connectivity index (χ0) is 14.9. The fourth-order valence-electron chi connectivity index (χ4n) is 2.16. The van der Waals surface area contributed by atoms with Gasteiger partial charge in [0.05, 0.1) is 7.11 Å². The van der Waals surface area contributed by atoms with Crippen molar-refractivity contribution in [1.82, 2.24) is 0 Å². The molecule has 2 rings (SSSR count). The Kier molecular flexibility index (Phi) is 3.66. The molecular formula is C16H16O4. The van der Waals surface area contributed by atoms with E-state index in [2.05, 4.69) is 0 Å². The third-order valence-corrected chi connectivity index (χ3v) is 3.42. The number of aryl methyl sites for hydroxylation is 1. The lowest BCUT2D eigenvalue weighted by atomic mass is 9.97. The Bertz CT molecular complexity index is 674. The van der Waals surface area contributed by atoms with E-state index >= 15 is 0 Å². The highest BCUT2D eigenvalue weighted by Crippen LogP contribution is 2.36. The fraction of sp³-hybridized carbons (Fsp3) is 0.188. The summed E-state index contributed by atoms with van der Waals surface area (Å²) in [6.45, 7) is 3.94. The van der Waals surface area contributed by atoms with Crippen molar-refractivity contribution < 1.29 is 19.7 Å². The molecule has 0 aromatic heterocycles. The largest absolute Gasteiger partial charge is 0.507 e. The van der Waals surface area contributed by atoms with Gasteiger partial charge in [0.1, 0.15) is 17.1 Å². The van der Waals surface area contributed by atoms with Gasteiger partial charge in [0.15, 0.2) is 0 Å². The molecule has 4 heteroatoms. The fourth-order valence-corrected chi connectivity index (χ4v) is 2.16. The van der Waals surface area contributed by atoms with Gasteiger partial charge >= 0.3 is 5.97 Å². The van der Waals surface area contributed by atoms with Gasteiger partial charge < -0.3 is 14.9 Å². The van der Waals surface area contributed by atoms with E-state index in [1.807, 2.05) is 26.0 Å². The Morgan fingerprint density at radius 1 is 1.15 bits per heavy atom. The second-order valence-electron chi connectivity index (χ2n) is 4.63. The first-order valence-corrected chi connectivity index (χ1v) is 6.16. The molecule has 2 aromatic carbocycles. The molecule has 0 fully saturated rings. The normalized spacial score (nSPS) is 10.3. The number of ether oxygens (including phenoxy) is 1. The standard InChI is InChI=1S/C16H16O4/c1-9-4-6-12(15(20-3)10(9)2)11-5-7-14(17)13(8-11)16(18)19/h4-8,17H,1-3H3,(H,18,19). The molecule has 20 heavy (non-hydrogen) atoms. The number of carboxylic acids is 1. The zero-order valence-electron chi connectivity index (χ0n) is 11.6. The number of hydrogen-bond acceptors (Lipinski definition) is 3. The van der Waals surface area contributed by atoms with Crippen molar-refractivity contribution in [3.63, 3.8) is 0 Å². The topological polar surface area (TPSA) is 66.8 Å². The highest BCUT2D eigenvalue weighted by molar-refractivity contribution is 5.93. The van der Waals surface area contributed by atoms with Crippen LogP contribution in [0, 0.1) is 13.8 Å². The Balaban J connectivity index is 2.66. The molecule has 0 heterocycles. The Labute approximate surface area is 117 Å². The Morgan fingerprint density at radius 2 is 1.85 bits per heavy atom. The molecule has 0 aliphatic rings. The highest BCUT2D eigenvalue weighted by atomic mass is 16.5. The van der Waals surface area contributed by atoms with Crippen molar-refractivity contribution in [2.45, 2.75) is 13.8 Å². The van der Waals surface area contributed by atoms with Crippen LogP contribution in [0.2, 0.25) is 0 Å². The van der Waals surface area contributed by atoms with Crippen molar-refractivity contribution in [3.05, 3.63) is 47.0 Å². The molecule has 0 saturated carbocycles. The maximum Gasteiger partial charge on any atom is 0.339 e. The number of rotatable bonds is 3. The van der Waals surface area contributed by atoms with Crippen LogP contribution in [-0.2, 0) is 0 Å². The van der Waals surface area contributed by atoms with Crippen LogP contribution in [0.25, 0.3) is 11.1 Å². The molecule has 4 nitrogen and oxygen atoms in total. The summed E-state index contributed by atoms with van der Waals surface area (Å²) in [7, 11) is 1.59. The van der Waals surface area contributed by atoms with Gasteiger partial charge in [-0.05, 0) is 42.7 Å². The van der Waals surface area contributed by atoms with Crippen LogP contribution in [0.3, 0.4) is 0 Å². The van der Waals surface area contributed by atoms with Crippen LogP contribution in [0.4, 0.5) is 0 Å². The second kappa shape index (κ2) is 5.25. The summed E-state index contributed by atoms with van der Waals surface area (Å²) < 4.78 is 5.43. The predicted octanol–water partition coefficient (Wildman–Crippen LogP) is 3.38. The highest BCUT2D eigenvalue weighted by Gasteiger charge is 2.15. The number of benzene rings is 2. The number of aromatic carboxylic acids is 1. The number of phenols is 1. The molecular weight excluding hydrogens is 256 g/mol. The minimum atomic E-state index is -1.16. The van der Waals surface area contributed by atoms with Crippen LogP contribution >= 0.6 is 0 Å². The van der Waals surface area contributed by atoms with E-state index in [0.29, 0.717) is 11.3 Å². The van der Waals surface area contributed by atoms with Crippen LogP contribution < -0.4 is 4.74 Å². The van der Waals surface area contributed by atoms with E-state index in [4.69, 9.17) is 9.84 Å². The summed E-state index contributed by atoms with van der Waals surface area (Å²) in [5.41, 5.74) is 3.49. The Hall–Kier alpha value is -2.49. The minimum absolute atomic E-state index is 0.122. The molecule has 0 saturated heterocycles. The van der Waals surface area contributed by atoms with Gasteiger partial charge in [-0.2, -0.15) is 0 Å². The summed E-state index contributed by atoms with van der Waals surface area (Å²) in [6.07, 6.45) is 0. The quantitative estimate of drug-likeness (QED) is 0.898. The molecule has 2 aromatic rings. The van der Waals surface area contributed by atoms with Crippen molar-refractivity contribution >= 4 is 5.97 Å². The van der Waals surface area contributed by atoms with Crippen molar-refractivity contribution in [1.29, 1.82) is 0 Å². The maximum absolute atomic E-state index is 11.1. The van der Waals surface area contributed by atoms with E-state index in [0.717, 1.165) is 16.7 Å². The van der Waals surface area contributed by atoms with Gasteiger partial charge in [-0.15, -0.1) is 0 Å². The summed E-state index contributed by atoms with van der Waals surface area (Å²) in [6, 6.07) is 8.35. The lowest BCUT2D eigenvalue weighted by Gasteiger charge is -2.14. The molecule has 104 valence electrons. The first-order chi connectivity index (χ1) is 9.45. The Morgan fingerprint density at radius 3 is 2.45 bits per heavy atom. The zero-order valence-corrected chi connectivity index (χ0v) is 11.6. The maximum atomic E-state index is 11.1. The molecule has 0 unspecified atom stereocenters. The summed E-state index contributed by atoms with van der Waals surface area (Å²) in [5, 5.41) is 18.6. The lowest BCUT2D eigenvalue weighted by Crippen LogP contribution is -1.98. The first kappa shape index (κ1) is 13.9. The molecule has 0 amide bonds. The van der Waals surface area contributed by atoms with Crippen LogP contribution in [0.5, 0.6) is 11.5 Å². The van der Waals surface area contributed by atoms with Crippen molar-refractivity contribution in [2.24, 2.45) is 0 Å². The average Bonchev–Trinajstić information content (AvgIpc) is 2.42. The monoisotopic (exact) mass is 272 g/mol. The molecule has 0 radical (unpaired) electrons. The van der Waals surface area contributed by atoms with Gasteiger partial charge in [0, 0.05) is 5.56 Å². The van der Waals surface area contributed by atoms with Crippen LogP contribution in [0.15, 0.2) is 30.3 Å². The SMILES string of the molecule is COc1c(-c2ccc(O)c(C(=O)O)c2)ccc(C)c1C. The van der Waals surface area contributed by atoms with Crippen molar-refractivity contribution in [2.75, 3.05) is 7.11 Å². The van der Waals surface area contributed by atoms with E-state index in [9.17, 15) is 9.90 Å². The van der Waals surface area contributed by atoms with E-state index in [-0.39, 0.29) is 11.3 Å². The average molecular weight is 272 g/mol. The molecule has 0 aliphatic carbocycles. The predicted molar refractivity (Wildman–Crippen MR) is 76.5 cm³/mol. The first-order valence-electron chi connectivity index (χ1n) is 6.16. The molecule has 0 atom stereocenters. The molecule has 0 aliphatic heterocycles. The van der Waals surface area contributed by atoms with Gasteiger partial charge in [0.2, 0.25) is 0 Å². The van der Waals surface area contributed by atoms with Gasteiger partial charge in [0.25, 0.3) is 0 Å². The number of carboxylic acid groups (broad SMARTS) is 1. The van der Waals surface area contributed by atoms with Crippen molar-refractivity contribution in [3.8, 4) is 22.6 Å². The lowest BCUT2D eigenvalue weighted by molar-refractivity contribution is 0.0694. The van der Waals surface area contributed by atoms with Gasteiger partial charge in [-0.3, -0.25) is 0 Å². The van der Waals surface area contributed by atoms with E-state index in [1.54, 1.807) is 13.2 Å². The summed E-state index contributed by atoms with van der Waals surface area (Å²) in [5.74, 6) is -0.691. The van der Waals surface area contributed by atoms with Gasteiger partial charge in [-0.25, -0.2) is 4.79 Å². The van der Waals surface area contributed by atoms with E-state index < -0.39 is 5.97 Å². The summed E-state index contributed by atoms with van der Waals surface area (Å²) in [4.78, 5) is 11.1. The number of aromatic hydroxyl groups is 1. The minimum Gasteiger partial charge on any atom is -0.507 e. The number of carbonyl (C=O) groups is 1. The van der Waals surface area contributed by atoms with E-state index in [1.165, 1.54) is 12.1 Å². The third kappa shape index (κ3) is 2.32. The molecule has 2 N–H and O–H groups in total. The van der Waals surface area contributed by atoms with Gasteiger partial charge in [-0.1, -0.05) is 18.2 Å². The molecule has 0 bridgehead atoms. The number of hydrogen-bond donors (Lipinski definition) is 2. The second-order valence-corrected chi connectivity index (χ2v) is 4.63. The molecule has 0 spiro atoms. The van der Waals surface area contributed by atoms with Crippen LogP contribution in [-0.4, -0.2) is 23.3 Å². The summed E-state index contributed by atoms with van der Waals surface area (Å²) >= 11 is 0. The smallest absolute Gasteiger partial charge is 0.339 e. The number of methoxy groups -OCH3 is 1. The third-order valence-electron chi connectivity index (χ3n) is 3.42. The van der Waals surface area contributed by atoms with Crippen LogP contribution in [0.1, 0.15) is 21.5 Å².